The first kappa shape index (κ1) is 11.2. The molecule has 1 atom stereocenters. The number of carbonyl (C=O) groups excluding carboxylic acids is 2. The predicted molar refractivity (Wildman–Crippen MR) is 60.5 cm³/mol. The maximum absolute atomic E-state index is 11.6. The summed E-state index contributed by atoms with van der Waals surface area (Å²) in [5, 5.41) is 5.46. The lowest BCUT2D eigenvalue weighted by Crippen LogP contribution is -2.40. The number of carbonyl (C=O) groups is 2. The Labute approximate surface area is 102 Å². The second-order valence-electron chi connectivity index (χ2n) is 3.66. The minimum atomic E-state index is -1.09. The van der Waals surface area contributed by atoms with Crippen molar-refractivity contribution in [3.05, 3.63) is 33.8 Å². The summed E-state index contributed by atoms with van der Waals surface area (Å²) in [4.78, 5) is 22.7. The molecular formula is C10H8Cl2N2O2. The number of halogens is 2. The SMILES string of the molecule is C[C@@]1(c2ccc(Cl)c(Cl)c2)NC(=O)NC1=O. The first-order valence-corrected chi connectivity index (χ1v) is 5.28. The zero-order valence-electron chi connectivity index (χ0n) is 8.30. The van der Waals surface area contributed by atoms with Gasteiger partial charge in [-0.05, 0) is 24.6 Å². The van der Waals surface area contributed by atoms with Crippen LogP contribution in [-0.4, -0.2) is 11.9 Å². The van der Waals surface area contributed by atoms with E-state index in [1.807, 2.05) is 0 Å². The highest BCUT2D eigenvalue weighted by molar-refractivity contribution is 6.42. The lowest BCUT2D eigenvalue weighted by Gasteiger charge is -2.21. The highest BCUT2D eigenvalue weighted by Gasteiger charge is 2.43. The molecule has 3 amide bonds. The number of hydrogen-bond acceptors (Lipinski definition) is 2. The zero-order chi connectivity index (χ0) is 11.9. The summed E-state index contributed by atoms with van der Waals surface area (Å²) in [7, 11) is 0. The van der Waals surface area contributed by atoms with Crippen molar-refractivity contribution in [2.45, 2.75) is 12.5 Å². The van der Waals surface area contributed by atoms with Gasteiger partial charge >= 0.3 is 6.03 Å². The summed E-state index contributed by atoms with van der Waals surface area (Å²) >= 11 is 11.6. The van der Waals surface area contributed by atoms with E-state index in [1.54, 1.807) is 25.1 Å². The third-order valence-corrected chi connectivity index (χ3v) is 3.28. The number of imide groups is 1. The molecule has 1 aliphatic rings. The van der Waals surface area contributed by atoms with E-state index in [0.29, 0.717) is 15.6 Å². The van der Waals surface area contributed by atoms with Gasteiger partial charge in [-0.2, -0.15) is 0 Å². The molecular weight excluding hydrogens is 251 g/mol. The maximum atomic E-state index is 11.6. The number of rotatable bonds is 1. The molecule has 2 rings (SSSR count). The molecule has 1 aromatic carbocycles. The smallest absolute Gasteiger partial charge is 0.320 e. The average Bonchev–Trinajstić information content (AvgIpc) is 2.46. The Morgan fingerprint density at radius 1 is 1.19 bits per heavy atom. The fourth-order valence-electron chi connectivity index (χ4n) is 1.55. The van der Waals surface area contributed by atoms with Crippen LogP contribution < -0.4 is 10.6 Å². The number of amides is 3. The summed E-state index contributed by atoms with van der Waals surface area (Å²) in [6.45, 7) is 1.60. The Morgan fingerprint density at radius 3 is 2.38 bits per heavy atom. The van der Waals surface area contributed by atoms with E-state index >= 15 is 0 Å². The van der Waals surface area contributed by atoms with Crippen LogP contribution in [0.3, 0.4) is 0 Å². The quantitative estimate of drug-likeness (QED) is 0.758. The third kappa shape index (κ3) is 1.64. The minimum absolute atomic E-state index is 0.342. The standard InChI is InChI=1S/C10H8Cl2N2O2/c1-10(8(15)13-9(16)14-10)5-2-3-6(11)7(12)4-5/h2-4H,1H3,(H2,13,14,15,16)/t10-/m0/s1. The molecule has 1 fully saturated rings. The van der Waals surface area contributed by atoms with Gasteiger partial charge in [0, 0.05) is 0 Å². The van der Waals surface area contributed by atoms with Crippen LogP contribution in [0.1, 0.15) is 12.5 Å². The summed E-state index contributed by atoms with van der Waals surface area (Å²) in [5.41, 5.74) is -0.504. The van der Waals surface area contributed by atoms with Crippen molar-refractivity contribution >= 4 is 35.1 Å². The molecule has 1 heterocycles. The van der Waals surface area contributed by atoms with Crippen LogP contribution >= 0.6 is 23.2 Å². The molecule has 84 valence electrons. The third-order valence-electron chi connectivity index (χ3n) is 2.54. The number of hydrogen-bond donors (Lipinski definition) is 2. The molecule has 0 bridgehead atoms. The molecule has 1 aromatic rings. The van der Waals surface area contributed by atoms with Crippen molar-refractivity contribution in [1.82, 2.24) is 10.6 Å². The van der Waals surface area contributed by atoms with Crippen LogP contribution in [0.2, 0.25) is 10.0 Å². The molecule has 4 nitrogen and oxygen atoms in total. The van der Waals surface area contributed by atoms with Crippen molar-refractivity contribution in [2.24, 2.45) is 0 Å². The van der Waals surface area contributed by atoms with E-state index < -0.39 is 17.5 Å². The van der Waals surface area contributed by atoms with E-state index in [0.717, 1.165) is 0 Å². The average molecular weight is 259 g/mol. The topological polar surface area (TPSA) is 58.2 Å². The molecule has 6 heteroatoms. The first-order chi connectivity index (χ1) is 7.43. The lowest BCUT2D eigenvalue weighted by atomic mass is 9.92. The summed E-state index contributed by atoms with van der Waals surface area (Å²) in [6, 6.07) is 4.29. The number of benzene rings is 1. The van der Waals surface area contributed by atoms with Gasteiger partial charge in [-0.1, -0.05) is 29.3 Å². The number of urea groups is 1. The van der Waals surface area contributed by atoms with E-state index in [-0.39, 0.29) is 0 Å². The molecule has 0 saturated carbocycles. The van der Waals surface area contributed by atoms with Crippen molar-refractivity contribution in [3.8, 4) is 0 Å². The summed E-state index contributed by atoms with van der Waals surface area (Å²) < 4.78 is 0. The summed E-state index contributed by atoms with van der Waals surface area (Å²) in [6.07, 6.45) is 0. The Bertz CT molecular complexity index is 490. The van der Waals surface area contributed by atoms with Gasteiger partial charge in [0.25, 0.3) is 5.91 Å². The predicted octanol–water partition coefficient (Wildman–Crippen LogP) is 2.05. The lowest BCUT2D eigenvalue weighted by molar-refractivity contribution is -0.123. The van der Waals surface area contributed by atoms with Gasteiger partial charge in [-0.15, -0.1) is 0 Å². The fraction of sp³-hybridized carbons (Fsp3) is 0.200. The van der Waals surface area contributed by atoms with E-state index in [1.165, 1.54) is 0 Å². The molecule has 0 spiro atoms. The molecule has 1 saturated heterocycles. The van der Waals surface area contributed by atoms with Gasteiger partial charge in [0.2, 0.25) is 0 Å². The molecule has 16 heavy (non-hydrogen) atoms. The second-order valence-corrected chi connectivity index (χ2v) is 4.48. The van der Waals surface area contributed by atoms with Crippen molar-refractivity contribution in [3.63, 3.8) is 0 Å². The molecule has 1 aliphatic heterocycles. The minimum Gasteiger partial charge on any atom is -0.320 e. The monoisotopic (exact) mass is 258 g/mol. The molecule has 2 N–H and O–H groups in total. The van der Waals surface area contributed by atoms with E-state index in [2.05, 4.69) is 10.6 Å². The highest BCUT2D eigenvalue weighted by Crippen LogP contribution is 2.30. The first-order valence-electron chi connectivity index (χ1n) is 4.52. The van der Waals surface area contributed by atoms with Crippen molar-refractivity contribution < 1.29 is 9.59 Å². The van der Waals surface area contributed by atoms with E-state index in [4.69, 9.17) is 23.2 Å². The van der Waals surface area contributed by atoms with Gasteiger partial charge < -0.3 is 5.32 Å². The highest BCUT2D eigenvalue weighted by atomic mass is 35.5. The molecule has 0 radical (unpaired) electrons. The van der Waals surface area contributed by atoms with Crippen LogP contribution in [0.15, 0.2) is 18.2 Å². The Kier molecular flexibility index (Phi) is 2.56. The Balaban J connectivity index is 2.47. The van der Waals surface area contributed by atoms with Crippen LogP contribution in [0.5, 0.6) is 0 Å². The van der Waals surface area contributed by atoms with E-state index in [9.17, 15) is 9.59 Å². The fourth-order valence-corrected chi connectivity index (χ4v) is 1.85. The van der Waals surface area contributed by atoms with Crippen LogP contribution in [-0.2, 0) is 10.3 Å². The van der Waals surface area contributed by atoms with Gasteiger partial charge in [0.15, 0.2) is 0 Å². The number of nitrogens with one attached hydrogen (secondary N) is 2. The molecule has 0 unspecified atom stereocenters. The Hall–Kier alpha value is -1.26. The van der Waals surface area contributed by atoms with Crippen LogP contribution in [0.25, 0.3) is 0 Å². The molecule has 0 aliphatic carbocycles. The van der Waals surface area contributed by atoms with Gasteiger partial charge in [0.1, 0.15) is 5.54 Å². The Morgan fingerprint density at radius 2 is 1.88 bits per heavy atom. The van der Waals surface area contributed by atoms with Crippen LogP contribution in [0, 0.1) is 0 Å². The largest absolute Gasteiger partial charge is 0.322 e. The normalized spacial score (nSPS) is 24.2. The zero-order valence-corrected chi connectivity index (χ0v) is 9.82. The maximum Gasteiger partial charge on any atom is 0.322 e. The van der Waals surface area contributed by atoms with Gasteiger partial charge in [-0.3, -0.25) is 10.1 Å². The van der Waals surface area contributed by atoms with Gasteiger partial charge in [0.05, 0.1) is 10.0 Å². The van der Waals surface area contributed by atoms with Crippen molar-refractivity contribution in [1.29, 1.82) is 0 Å². The van der Waals surface area contributed by atoms with Crippen LogP contribution in [0.4, 0.5) is 4.79 Å². The van der Waals surface area contributed by atoms with Crippen molar-refractivity contribution in [2.75, 3.05) is 0 Å². The summed E-state index contributed by atoms with van der Waals surface area (Å²) in [5.74, 6) is -0.407. The molecule has 0 aromatic heterocycles. The van der Waals surface area contributed by atoms with Gasteiger partial charge in [-0.25, -0.2) is 4.79 Å². The second kappa shape index (κ2) is 3.64.